The molecule has 5 fully saturated rings. The zero-order valence-electron chi connectivity index (χ0n) is 29.7. The van der Waals surface area contributed by atoms with Crippen LogP contribution >= 0.6 is 0 Å². The molecule has 11 heteroatoms. The molecule has 0 aromatic heterocycles. The second kappa shape index (κ2) is 14.4. The summed E-state index contributed by atoms with van der Waals surface area (Å²) in [4.78, 5) is 42.8. The lowest BCUT2D eigenvalue weighted by Gasteiger charge is -2.64. The van der Waals surface area contributed by atoms with Crippen molar-refractivity contribution in [3.05, 3.63) is 71.8 Å². The van der Waals surface area contributed by atoms with Crippen LogP contribution in [0.2, 0.25) is 0 Å². The van der Waals surface area contributed by atoms with Crippen molar-refractivity contribution in [2.45, 2.75) is 116 Å². The highest BCUT2D eigenvalue weighted by atomic mass is 16.7. The van der Waals surface area contributed by atoms with Crippen LogP contribution in [-0.2, 0) is 41.6 Å². The van der Waals surface area contributed by atoms with Crippen LogP contribution in [0.25, 0.3) is 0 Å². The number of ether oxygens (including phenoxy) is 2. The molecular formula is C38H52BN3O7. The lowest BCUT2D eigenvalue weighted by molar-refractivity contribution is -0.199. The monoisotopic (exact) mass is 673 g/mol. The molecule has 2 N–H and O–H groups in total. The first-order valence-electron chi connectivity index (χ1n) is 18.0. The van der Waals surface area contributed by atoms with Crippen molar-refractivity contribution in [1.29, 1.82) is 0 Å². The van der Waals surface area contributed by atoms with Gasteiger partial charge in [-0.2, -0.15) is 0 Å². The maximum absolute atomic E-state index is 14.2. The molecular weight excluding hydrogens is 621 g/mol. The summed E-state index contributed by atoms with van der Waals surface area (Å²) in [6, 6.07) is 17.5. The van der Waals surface area contributed by atoms with Crippen LogP contribution in [0.5, 0.6) is 0 Å². The predicted molar refractivity (Wildman–Crippen MR) is 186 cm³/mol. The van der Waals surface area contributed by atoms with Crippen molar-refractivity contribution < 1.29 is 33.2 Å². The fourth-order valence-electron chi connectivity index (χ4n) is 8.50. The van der Waals surface area contributed by atoms with Crippen LogP contribution in [0.4, 0.5) is 4.79 Å². The highest BCUT2D eigenvalue weighted by Gasteiger charge is 2.68. The van der Waals surface area contributed by atoms with Crippen molar-refractivity contribution in [1.82, 2.24) is 15.5 Å². The molecule has 3 saturated carbocycles. The van der Waals surface area contributed by atoms with E-state index in [0.717, 1.165) is 24.0 Å². The molecule has 2 aliphatic heterocycles. The molecule has 5 aliphatic rings. The highest BCUT2D eigenvalue weighted by Crippen LogP contribution is 2.65. The summed E-state index contributed by atoms with van der Waals surface area (Å²) in [6.07, 6.45) is 1.99. The Hall–Kier alpha value is -3.41. The quantitative estimate of drug-likeness (QED) is 0.295. The summed E-state index contributed by atoms with van der Waals surface area (Å²) in [5.74, 6) is -0.239. The van der Waals surface area contributed by atoms with Crippen LogP contribution in [0.1, 0.15) is 78.4 Å². The molecule has 2 aromatic rings. The Labute approximate surface area is 291 Å². The highest BCUT2D eigenvalue weighted by molar-refractivity contribution is 6.47. The Bertz CT molecular complexity index is 1480. The number of carbonyl (C=O) groups is 3. The molecule has 49 heavy (non-hydrogen) atoms. The lowest BCUT2D eigenvalue weighted by Crippen LogP contribution is -2.65. The third-order valence-corrected chi connectivity index (χ3v) is 11.7. The molecule has 3 amide bonds. The number of nitrogens with zero attached hydrogens (tertiary/aromatic N) is 1. The van der Waals surface area contributed by atoms with E-state index < -0.39 is 30.9 Å². The van der Waals surface area contributed by atoms with E-state index in [2.05, 4.69) is 31.4 Å². The predicted octanol–water partition coefficient (Wildman–Crippen LogP) is 5.29. The number of benzene rings is 2. The molecule has 10 nitrogen and oxygen atoms in total. The van der Waals surface area contributed by atoms with Crippen molar-refractivity contribution in [2.75, 3.05) is 6.54 Å². The Morgan fingerprint density at radius 3 is 2.20 bits per heavy atom. The minimum Gasteiger partial charge on any atom is -0.445 e. The number of nitrogens with one attached hydrogen (secondary N) is 2. The summed E-state index contributed by atoms with van der Waals surface area (Å²) in [5.41, 5.74) is 1.67. The molecule has 264 valence electrons. The van der Waals surface area contributed by atoms with E-state index in [0.29, 0.717) is 31.3 Å². The Balaban J connectivity index is 1.15. The summed E-state index contributed by atoms with van der Waals surface area (Å²) < 4.78 is 24.9. The van der Waals surface area contributed by atoms with Crippen LogP contribution < -0.4 is 10.6 Å². The molecule has 3 aliphatic carbocycles. The van der Waals surface area contributed by atoms with Gasteiger partial charge in [0.2, 0.25) is 11.8 Å². The number of carbonyl (C=O) groups excluding carboxylic acids is 3. The van der Waals surface area contributed by atoms with Crippen molar-refractivity contribution >= 4 is 25.0 Å². The van der Waals surface area contributed by atoms with Crippen LogP contribution in [0.3, 0.4) is 0 Å². The zero-order valence-corrected chi connectivity index (χ0v) is 29.7. The van der Waals surface area contributed by atoms with E-state index in [1.54, 1.807) is 4.90 Å². The summed E-state index contributed by atoms with van der Waals surface area (Å²) in [6.45, 7) is 13.2. The molecule has 1 unspecified atom stereocenters. The Morgan fingerprint density at radius 2 is 1.59 bits per heavy atom. The first-order chi connectivity index (χ1) is 23.4. The fraction of sp³-hybridized carbons (Fsp3) is 0.605. The minimum atomic E-state index is -0.896. The van der Waals surface area contributed by atoms with Crippen LogP contribution in [0, 0.1) is 23.2 Å². The van der Waals surface area contributed by atoms with Crippen molar-refractivity contribution in [2.24, 2.45) is 23.2 Å². The van der Waals surface area contributed by atoms with Crippen molar-refractivity contribution in [3.63, 3.8) is 0 Å². The third-order valence-electron chi connectivity index (χ3n) is 11.7. The standard InChI is InChI=1S/C38H52BN3O7/c1-7-32(39-48-31-19-27-18-30(37(27,4)5)38(31,6)49-39)40-34(43)29-20-28(46-22-25-14-10-8-11-15-25)21-42(29)35(44)33(24(2)3)41-36(45)47-23-26-16-12-9-13-17-26/h8-17,24,27-33H,7,18-23H2,1-6H3,(H,40,43)(H,41,45)/t27-,28+,29-,30-,31?,32-,33-,38-/m0/s1. The van der Waals surface area contributed by atoms with Gasteiger partial charge < -0.3 is 34.3 Å². The van der Waals surface area contributed by atoms with Gasteiger partial charge in [-0.1, -0.05) is 95.3 Å². The second-order valence-electron chi connectivity index (χ2n) is 15.4. The van der Waals surface area contributed by atoms with Gasteiger partial charge in [-0.15, -0.1) is 0 Å². The van der Waals surface area contributed by atoms with E-state index >= 15 is 0 Å². The summed E-state index contributed by atoms with van der Waals surface area (Å²) in [7, 11) is -0.570. The first-order valence-corrected chi connectivity index (χ1v) is 18.0. The lowest BCUT2D eigenvalue weighted by atomic mass is 9.43. The van der Waals surface area contributed by atoms with E-state index in [1.165, 1.54) is 0 Å². The van der Waals surface area contributed by atoms with Gasteiger partial charge in [-0.25, -0.2) is 4.79 Å². The summed E-state index contributed by atoms with van der Waals surface area (Å²) in [5, 5.41) is 5.98. The third kappa shape index (κ3) is 7.26. The smallest absolute Gasteiger partial charge is 0.445 e. The topological polar surface area (TPSA) is 115 Å². The van der Waals surface area contributed by atoms with Gasteiger partial charge in [0, 0.05) is 13.0 Å². The Morgan fingerprint density at radius 1 is 0.939 bits per heavy atom. The molecule has 0 radical (unpaired) electrons. The maximum Gasteiger partial charge on any atom is 0.481 e. The average molecular weight is 674 g/mol. The normalized spacial score (nSPS) is 29.5. The van der Waals surface area contributed by atoms with Crippen LogP contribution in [0.15, 0.2) is 60.7 Å². The van der Waals surface area contributed by atoms with Crippen molar-refractivity contribution in [3.8, 4) is 0 Å². The molecule has 2 heterocycles. The van der Waals surface area contributed by atoms with Crippen LogP contribution in [-0.4, -0.2) is 72.3 Å². The van der Waals surface area contributed by atoms with Gasteiger partial charge in [0.1, 0.15) is 18.7 Å². The molecule has 2 saturated heterocycles. The molecule has 0 spiro atoms. The number of hydrogen-bond donors (Lipinski definition) is 2. The maximum atomic E-state index is 14.2. The van der Waals surface area contributed by atoms with E-state index in [-0.39, 0.29) is 54.4 Å². The van der Waals surface area contributed by atoms with E-state index in [1.807, 2.05) is 81.4 Å². The molecule has 8 atom stereocenters. The second-order valence-corrected chi connectivity index (χ2v) is 15.4. The number of rotatable bonds is 12. The van der Waals surface area contributed by atoms with Gasteiger partial charge in [-0.05, 0) is 60.5 Å². The van der Waals surface area contributed by atoms with Gasteiger partial charge in [0.25, 0.3) is 0 Å². The van der Waals surface area contributed by atoms with Gasteiger partial charge >= 0.3 is 13.2 Å². The average Bonchev–Trinajstić information content (AvgIpc) is 3.69. The van der Waals surface area contributed by atoms with E-state index in [4.69, 9.17) is 18.8 Å². The number of hydrogen-bond acceptors (Lipinski definition) is 7. The number of alkyl carbamates (subject to hydrolysis) is 1. The van der Waals surface area contributed by atoms with Gasteiger partial charge in [-0.3, -0.25) is 9.59 Å². The zero-order chi connectivity index (χ0) is 34.9. The largest absolute Gasteiger partial charge is 0.481 e. The summed E-state index contributed by atoms with van der Waals surface area (Å²) >= 11 is 0. The number of amides is 3. The fourth-order valence-corrected chi connectivity index (χ4v) is 8.50. The first kappa shape index (κ1) is 35.4. The minimum absolute atomic E-state index is 0.0000666. The molecule has 7 rings (SSSR count). The van der Waals surface area contributed by atoms with Gasteiger partial charge in [0.15, 0.2) is 0 Å². The number of likely N-dealkylation sites (tertiary alicyclic amines) is 1. The Kier molecular flexibility index (Phi) is 10.4. The van der Waals surface area contributed by atoms with Gasteiger partial charge in [0.05, 0.1) is 30.4 Å². The SMILES string of the molecule is CC[C@H](NC(=O)[C@@H]1C[C@@H](OCc2ccccc2)CN1C(=O)[C@@H](NC(=O)OCc1ccccc1)C(C)C)B1OC2C[C@@H]3C[C@@H](C3(C)C)[C@]2(C)O1. The molecule has 2 bridgehead atoms. The van der Waals surface area contributed by atoms with E-state index in [9.17, 15) is 14.4 Å². The molecule has 2 aromatic carbocycles.